The first-order chi connectivity index (χ1) is 8.56. The van der Waals surface area contributed by atoms with Crippen molar-refractivity contribution in [2.45, 2.75) is 46.3 Å². The van der Waals surface area contributed by atoms with Crippen molar-refractivity contribution in [3.05, 3.63) is 0 Å². The summed E-state index contributed by atoms with van der Waals surface area (Å²) in [6.45, 7) is 16.1. The molecule has 2 fully saturated rings. The summed E-state index contributed by atoms with van der Waals surface area (Å²) in [7, 11) is 0. The lowest BCUT2D eigenvalue weighted by Gasteiger charge is -2.45. The summed E-state index contributed by atoms with van der Waals surface area (Å²) in [6.07, 6.45) is 1.72. The normalized spacial score (nSPS) is 27.3. The molecule has 106 valence electrons. The monoisotopic (exact) mass is 254 g/mol. The van der Waals surface area contributed by atoms with Crippen LogP contribution in [-0.2, 0) is 4.74 Å². The average molecular weight is 254 g/mol. The van der Waals surface area contributed by atoms with Crippen molar-refractivity contribution in [1.82, 2.24) is 9.80 Å². The summed E-state index contributed by atoms with van der Waals surface area (Å²) in [5.74, 6) is 1.81. The third kappa shape index (κ3) is 3.69. The van der Waals surface area contributed by atoms with Crippen LogP contribution in [0.1, 0.15) is 34.1 Å². The number of hydrogen-bond donors (Lipinski definition) is 0. The number of rotatable bonds is 6. The maximum absolute atomic E-state index is 5.63. The zero-order valence-electron chi connectivity index (χ0n) is 12.6. The Labute approximate surface area is 112 Å². The van der Waals surface area contributed by atoms with Crippen molar-refractivity contribution < 1.29 is 4.74 Å². The van der Waals surface area contributed by atoms with Crippen LogP contribution in [0, 0.1) is 11.8 Å². The van der Waals surface area contributed by atoms with E-state index in [2.05, 4.69) is 37.5 Å². The minimum atomic E-state index is 0.366. The fourth-order valence-corrected chi connectivity index (χ4v) is 3.00. The predicted octanol–water partition coefficient (Wildman–Crippen LogP) is 2.07. The maximum atomic E-state index is 5.63. The Bertz CT molecular complexity index is 249. The zero-order valence-corrected chi connectivity index (χ0v) is 12.6. The molecule has 18 heavy (non-hydrogen) atoms. The van der Waals surface area contributed by atoms with Gasteiger partial charge in [-0.2, -0.15) is 0 Å². The molecule has 0 radical (unpaired) electrons. The van der Waals surface area contributed by atoms with Crippen LogP contribution in [0.5, 0.6) is 0 Å². The lowest BCUT2D eigenvalue weighted by atomic mass is 9.87. The summed E-state index contributed by atoms with van der Waals surface area (Å²) in [6, 6.07) is 0.819. The van der Waals surface area contributed by atoms with Gasteiger partial charge in [-0.05, 0) is 38.6 Å². The summed E-state index contributed by atoms with van der Waals surface area (Å²) < 4.78 is 5.63. The molecule has 0 N–H and O–H groups in total. The second-order valence-corrected chi connectivity index (χ2v) is 6.62. The topological polar surface area (TPSA) is 15.7 Å². The molecule has 2 rings (SSSR count). The highest BCUT2D eigenvalue weighted by molar-refractivity contribution is 4.91. The van der Waals surface area contributed by atoms with Gasteiger partial charge in [0.25, 0.3) is 0 Å². The molecule has 0 aromatic carbocycles. The van der Waals surface area contributed by atoms with Crippen molar-refractivity contribution in [3.63, 3.8) is 0 Å². The lowest BCUT2D eigenvalue weighted by molar-refractivity contribution is 0.0272. The maximum Gasteiger partial charge on any atom is 0.0596 e. The number of nitrogens with zero attached hydrogens (tertiary/aromatic N) is 2. The first-order valence-electron chi connectivity index (χ1n) is 7.64. The molecule has 1 unspecified atom stereocenters. The van der Waals surface area contributed by atoms with Crippen molar-refractivity contribution in [1.29, 1.82) is 0 Å². The molecule has 1 atom stereocenters. The van der Waals surface area contributed by atoms with Crippen LogP contribution in [0.4, 0.5) is 0 Å². The van der Waals surface area contributed by atoms with E-state index < -0.39 is 0 Å². The Morgan fingerprint density at radius 3 is 2.44 bits per heavy atom. The largest absolute Gasteiger partial charge is 0.377 e. The molecule has 2 heterocycles. The predicted molar refractivity (Wildman–Crippen MR) is 75.8 cm³/mol. The van der Waals surface area contributed by atoms with E-state index in [0.29, 0.717) is 6.10 Å². The second-order valence-electron chi connectivity index (χ2n) is 6.62. The SMILES string of the molecule is CC(C)OCCN1CCC(N2CC(C(C)C)C2)C1. The molecular formula is C15H30N2O. The van der Waals surface area contributed by atoms with E-state index in [1.54, 1.807) is 0 Å². The first-order valence-corrected chi connectivity index (χ1v) is 7.64. The first kappa shape index (κ1) is 14.3. The van der Waals surface area contributed by atoms with Crippen LogP contribution in [0.2, 0.25) is 0 Å². The Balaban J connectivity index is 1.61. The molecule has 2 aliphatic rings. The van der Waals surface area contributed by atoms with Gasteiger partial charge in [0.05, 0.1) is 12.7 Å². The second kappa shape index (κ2) is 6.36. The van der Waals surface area contributed by atoms with E-state index in [-0.39, 0.29) is 0 Å². The van der Waals surface area contributed by atoms with Gasteiger partial charge in [0.1, 0.15) is 0 Å². The van der Waals surface area contributed by atoms with E-state index in [1.165, 1.54) is 32.6 Å². The van der Waals surface area contributed by atoms with Crippen LogP contribution in [0.25, 0.3) is 0 Å². The molecule has 0 saturated carbocycles. The van der Waals surface area contributed by atoms with Gasteiger partial charge in [-0.1, -0.05) is 13.8 Å². The van der Waals surface area contributed by atoms with E-state index in [0.717, 1.165) is 31.0 Å². The fraction of sp³-hybridized carbons (Fsp3) is 1.00. The Morgan fingerprint density at radius 2 is 1.83 bits per heavy atom. The van der Waals surface area contributed by atoms with Gasteiger partial charge < -0.3 is 4.74 Å². The van der Waals surface area contributed by atoms with Crippen molar-refractivity contribution >= 4 is 0 Å². The summed E-state index contributed by atoms with van der Waals surface area (Å²) in [4.78, 5) is 5.25. The van der Waals surface area contributed by atoms with Gasteiger partial charge in [-0.15, -0.1) is 0 Å². The molecular weight excluding hydrogens is 224 g/mol. The van der Waals surface area contributed by atoms with Crippen molar-refractivity contribution in [2.24, 2.45) is 11.8 Å². The van der Waals surface area contributed by atoms with E-state index in [4.69, 9.17) is 4.74 Å². The fourth-order valence-electron chi connectivity index (χ4n) is 3.00. The molecule has 0 bridgehead atoms. The summed E-state index contributed by atoms with van der Waals surface area (Å²) in [5, 5.41) is 0. The van der Waals surface area contributed by atoms with Gasteiger partial charge in [0.2, 0.25) is 0 Å². The molecule has 0 aromatic rings. The molecule has 2 aliphatic heterocycles. The van der Waals surface area contributed by atoms with E-state index in [9.17, 15) is 0 Å². The summed E-state index contributed by atoms with van der Waals surface area (Å²) >= 11 is 0. The van der Waals surface area contributed by atoms with Crippen LogP contribution >= 0.6 is 0 Å². The van der Waals surface area contributed by atoms with Crippen LogP contribution in [0.15, 0.2) is 0 Å². The Hall–Kier alpha value is -0.120. The molecule has 0 spiro atoms. The lowest BCUT2D eigenvalue weighted by Crippen LogP contribution is -2.54. The zero-order chi connectivity index (χ0) is 13.1. The van der Waals surface area contributed by atoms with Crippen LogP contribution < -0.4 is 0 Å². The average Bonchev–Trinajstić information content (AvgIpc) is 2.63. The summed E-state index contributed by atoms with van der Waals surface area (Å²) in [5.41, 5.74) is 0. The standard InChI is InChI=1S/C15H30N2O/c1-12(2)14-9-17(10-14)15-5-6-16(11-15)7-8-18-13(3)4/h12-15H,5-11H2,1-4H3. The quantitative estimate of drug-likeness (QED) is 0.722. The Kier molecular flexibility index (Phi) is 5.05. The van der Waals surface area contributed by atoms with Crippen molar-refractivity contribution in [2.75, 3.05) is 39.3 Å². The molecule has 0 aliphatic carbocycles. The van der Waals surface area contributed by atoms with Crippen molar-refractivity contribution in [3.8, 4) is 0 Å². The number of likely N-dealkylation sites (tertiary alicyclic amines) is 2. The molecule has 0 amide bonds. The van der Waals surface area contributed by atoms with Crippen LogP contribution in [-0.4, -0.2) is 61.3 Å². The van der Waals surface area contributed by atoms with E-state index in [1.807, 2.05) is 0 Å². The van der Waals surface area contributed by atoms with Gasteiger partial charge in [0.15, 0.2) is 0 Å². The third-order valence-corrected chi connectivity index (χ3v) is 4.50. The Morgan fingerprint density at radius 1 is 1.11 bits per heavy atom. The van der Waals surface area contributed by atoms with Gasteiger partial charge >= 0.3 is 0 Å². The van der Waals surface area contributed by atoms with E-state index >= 15 is 0 Å². The minimum Gasteiger partial charge on any atom is -0.377 e. The highest BCUT2D eigenvalue weighted by Crippen LogP contribution is 2.28. The number of hydrogen-bond acceptors (Lipinski definition) is 3. The third-order valence-electron chi connectivity index (χ3n) is 4.50. The molecule has 0 aromatic heterocycles. The van der Waals surface area contributed by atoms with Gasteiger partial charge in [-0.25, -0.2) is 0 Å². The highest BCUT2D eigenvalue weighted by Gasteiger charge is 2.36. The van der Waals surface area contributed by atoms with Gasteiger partial charge in [0, 0.05) is 32.2 Å². The number of ether oxygens (including phenoxy) is 1. The minimum absolute atomic E-state index is 0.366. The molecule has 3 nitrogen and oxygen atoms in total. The highest BCUT2D eigenvalue weighted by atomic mass is 16.5. The smallest absolute Gasteiger partial charge is 0.0596 e. The molecule has 2 saturated heterocycles. The van der Waals surface area contributed by atoms with Gasteiger partial charge in [-0.3, -0.25) is 9.80 Å². The van der Waals surface area contributed by atoms with Crippen LogP contribution in [0.3, 0.4) is 0 Å². The molecule has 3 heteroatoms.